The molecule has 0 spiro atoms. The lowest BCUT2D eigenvalue weighted by atomic mass is 10.1. The molecule has 0 saturated heterocycles. The number of thiophene rings is 1. The number of Topliss-reactive ketones (excluding diaryl/α,β-unsaturated/α-hetero) is 1. The van der Waals surface area contributed by atoms with E-state index in [1.165, 1.54) is 23.9 Å². The zero-order valence-corrected chi connectivity index (χ0v) is 9.98. The molecule has 0 bridgehead atoms. The Labute approximate surface area is 101 Å². The van der Waals surface area contributed by atoms with Crippen LogP contribution in [0.4, 0.5) is 4.39 Å². The normalized spacial score (nSPS) is 10.3. The van der Waals surface area contributed by atoms with Gasteiger partial charge in [0.05, 0.1) is 15.5 Å². The summed E-state index contributed by atoms with van der Waals surface area (Å²) in [5.41, 5.74) is 0.173. The van der Waals surface area contributed by atoms with E-state index in [9.17, 15) is 9.18 Å². The molecule has 1 aromatic heterocycles. The summed E-state index contributed by atoms with van der Waals surface area (Å²) >= 11 is 3.02. The maximum absolute atomic E-state index is 13.3. The lowest BCUT2D eigenvalue weighted by Crippen LogP contribution is -2.04. The molecule has 0 atom stereocenters. The van der Waals surface area contributed by atoms with Crippen LogP contribution in [0.3, 0.4) is 0 Å². The van der Waals surface area contributed by atoms with Crippen molar-refractivity contribution < 1.29 is 9.18 Å². The van der Waals surface area contributed by atoms with Crippen molar-refractivity contribution in [2.24, 2.45) is 0 Å². The van der Waals surface area contributed by atoms with Gasteiger partial charge in [-0.25, -0.2) is 4.39 Å². The molecule has 0 aliphatic heterocycles. The number of halogens is 1. The van der Waals surface area contributed by atoms with Crippen LogP contribution in [-0.4, -0.2) is 11.5 Å². The van der Waals surface area contributed by atoms with E-state index in [0.717, 1.165) is 4.21 Å². The first-order valence-corrected chi connectivity index (χ1v) is 6.58. The van der Waals surface area contributed by atoms with Gasteiger partial charge in [-0.3, -0.25) is 4.79 Å². The average molecular weight is 252 g/mol. The van der Waals surface area contributed by atoms with Gasteiger partial charge in [0.15, 0.2) is 5.78 Å². The third-order valence-corrected chi connectivity index (χ3v) is 4.15. The Bertz CT molecular complexity index is 480. The molecule has 16 heavy (non-hydrogen) atoms. The molecule has 0 aliphatic rings. The molecule has 0 saturated carbocycles. The molecule has 0 N–H and O–H groups in total. The summed E-state index contributed by atoms with van der Waals surface area (Å²) in [5, 5.41) is 1.95. The number of hydrogen-bond donors (Lipinski definition) is 0. The molecule has 2 rings (SSSR count). The Morgan fingerprint density at radius 2 is 2.06 bits per heavy atom. The minimum absolute atomic E-state index is 0.170. The predicted molar refractivity (Wildman–Crippen MR) is 65.8 cm³/mol. The second kappa shape index (κ2) is 5.27. The fraction of sp³-hybridized carbons (Fsp3) is 0.0833. The van der Waals surface area contributed by atoms with Crippen LogP contribution in [0.5, 0.6) is 0 Å². The summed E-state index contributed by atoms with van der Waals surface area (Å²) in [4.78, 5) is 11.7. The molecule has 1 aromatic carbocycles. The van der Waals surface area contributed by atoms with Crippen molar-refractivity contribution in [1.29, 1.82) is 0 Å². The molecule has 2 aromatic rings. The SMILES string of the molecule is O=C(CSc1cccs1)c1ccccc1F. The van der Waals surface area contributed by atoms with Crippen LogP contribution in [0.15, 0.2) is 46.0 Å². The minimum atomic E-state index is -0.445. The lowest BCUT2D eigenvalue weighted by Gasteiger charge is -2.00. The highest BCUT2D eigenvalue weighted by molar-refractivity contribution is 8.01. The molecule has 4 heteroatoms. The number of carbonyl (C=O) groups excluding carboxylic acids is 1. The monoisotopic (exact) mass is 252 g/mol. The van der Waals surface area contributed by atoms with Gasteiger partial charge in [0.2, 0.25) is 0 Å². The molecule has 0 aliphatic carbocycles. The fourth-order valence-electron chi connectivity index (χ4n) is 1.25. The average Bonchev–Trinajstić information content (AvgIpc) is 2.79. The van der Waals surface area contributed by atoms with Crippen LogP contribution >= 0.6 is 23.1 Å². The number of carbonyl (C=O) groups is 1. The van der Waals surface area contributed by atoms with Crippen LogP contribution in [0, 0.1) is 5.82 Å². The van der Waals surface area contributed by atoms with Gasteiger partial charge in [0.1, 0.15) is 5.82 Å². The Balaban J connectivity index is 2.01. The lowest BCUT2D eigenvalue weighted by molar-refractivity contribution is 0.101. The van der Waals surface area contributed by atoms with Gasteiger partial charge in [-0.05, 0) is 23.6 Å². The summed E-state index contributed by atoms with van der Waals surface area (Å²) < 4.78 is 14.4. The van der Waals surface area contributed by atoms with Crippen molar-refractivity contribution in [2.75, 3.05) is 5.75 Å². The fourth-order valence-corrected chi connectivity index (χ4v) is 2.92. The van der Waals surface area contributed by atoms with Gasteiger partial charge in [0.25, 0.3) is 0 Å². The van der Waals surface area contributed by atoms with Crippen molar-refractivity contribution in [2.45, 2.75) is 4.21 Å². The molecule has 1 heterocycles. The van der Waals surface area contributed by atoms with E-state index in [4.69, 9.17) is 0 Å². The highest BCUT2D eigenvalue weighted by Crippen LogP contribution is 2.24. The van der Waals surface area contributed by atoms with E-state index in [2.05, 4.69) is 0 Å². The van der Waals surface area contributed by atoms with E-state index in [-0.39, 0.29) is 17.1 Å². The zero-order chi connectivity index (χ0) is 11.4. The third-order valence-electron chi connectivity index (χ3n) is 2.01. The summed E-state index contributed by atoms with van der Waals surface area (Å²) in [5.74, 6) is -0.336. The van der Waals surface area contributed by atoms with Crippen molar-refractivity contribution in [1.82, 2.24) is 0 Å². The number of rotatable bonds is 4. The summed E-state index contributed by atoms with van der Waals surface area (Å²) in [6.45, 7) is 0. The van der Waals surface area contributed by atoms with Crippen LogP contribution in [0.25, 0.3) is 0 Å². The highest BCUT2D eigenvalue weighted by Gasteiger charge is 2.11. The molecule has 0 fully saturated rings. The van der Waals surface area contributed by atoms with Gasteiger partial charge in [-0.15, -0.1) is 23.1 Å². The van der Waals surface area contributed by atoms with Gasteiger partial charge < -0.3 is 0 Å². The Kier molecular flexibility index (Phi) is 3.74. The van der Waals surface area contributed by atoms with E-state index in [0.29, 0.717) is 0 Å². The van der Waals surface area contributed by atoms with Gasteiger partial charge in [-0.1, -0.05) is 18.2 Å². The largest absolute Gasteiger partial charge is 0.293 e. The van der Waals surface area contributed by atoms with Crippen molar-refractivity contribution >= 4 is 28.9 Å². The number of thioether (sulfide) groups is 1. The Hall–Kier alpha value is -1.13. The van der Waals surface area contributed by atoms with Crippen LogP contribution < -0.4 is 0 Å². The van der Waals surface area contributed by atoms with E-state index >= 15 is 0 Å². The topological polar surface area (TPSA) is 17.1 Å². The van der Waals surface area contributed by atoms with Gasteiger partial charge >= 0.3 is 0 Å². The van der Waals surface area contributed by atoms with Crippen LogP contribution in [-0.2, 0) is 0 Å². The summed E-state index contributed by atoms with van der Waals surface area (Å²) in [6.07, 6.45) is 0. The maximum atomic E-state index is 13.3. The first-order chi connectivity index (χ1) is 7.77. The van der Waals surface area contributed by atoms with Crippen molar-refractivity contribution in [3.63, 3.8) is 0 Å². The first-order valence-electron chi connectivity index (χ1n) is 4.71. The smallest absolute Gasteiger partial charge is 0.176 e. The number of ketones is 1. The second-order valence-corrected chi connectivity index (χ2v) is 5.35. The predicted octanol–water partition coefficient (Wildman–Crippen LogP) is 3.86. The first kappa shape index (κ1) is 11.4. The molecular formula is C12H9FOS2. The van der Waals surface area contributed by atoms with Crippen molar-refractivity contribution in [3.05, 3.63) is 53.2 Å². The van der Waals surface area contributed by atoms with Crippen LogP contribution in [0.2, 0.25) is 0 Å². The van der Waals surface area contributed by atoms with E-state index in [1.54, 1.807) is 23.5 Å². The number of hydrogen-bond acceptors (Lipinski definition) is 3. The Morgan fingerprint density at radius 1 is 1.25 bits per heavy atom. The minimum Gasteiger partial charge on any atom is -0.293 e. The van der Waals surface area contributed by atoms with E-state index in [1.807, 2.05) is 17.5 Å². The molecule has 1 nitrogen and oxygen atoms in total. The summed E-state index contributed by atoms with van der Waals surface area (Å²) in [6, 6.07) is 9.96. The zero-order valence-electron chi connectivity index (χ0n) is 8.35. The Morgan fingerprint density at radius 3 is 2.75 bits per heavy atom. The van der Waals surface area contributed by atoms with Crippen molar-refractivity contribution in [3.8, 4) is 0 Å². The summed E-state index contributed by atoms with van der Waals surface area (Å²) in [7, 11) is 0. The maximum Gasteiger partial charge on any atom is 0.176 e. The highest BCUT2D eigenvalue weighted by atomic mass is 32.2. The molecule has 82 valence electrons. The molecule has 0 amide bonds. The van der Waals surface area contributed by atoms with Crippen LogP contribution in [0.1, 0.15) is 10.4 Å². The molecule has 0 unspecified atom stereocenters. The standard InChI is InChI=1S/C12H9FOS2/c13-10-5-2-1-4-9(10)11(14)8-16-12-6-3-7-15-12/h1-7H,8H2. The molecule has 0 radical (unpaired) electrons. The third kappa shape index (κ3) is 2.71. The number of benzene rings is 1. The molecular weight excluding hydrogens is 243 g/mol. The van der Waals surface area contributed by atoms with Gasteiger partial charge in [0, 0.05) is 0 Å². The quantitative estimate of drug-likeness (QED) is 0.607. The van der Waals surface area contributed by atoms with E-state index < -0.39 is 5.82 Å². The second-order valence-electron chi connectivity index (χ2n) is 3.12. The van der Waals surface area contributed by atoms with Gasteiger partial charge in [-0.2, -0.15) is 0 Å².